The number of likely N-dealkylation sites (N-methyl/N-ethyl adjacent to an activating group) is 1. The summed E-state index contributed by atoms with van der Waals surface area (Å²) in [5, 5.41) is 12.4. The van der Waals surface area contributed by atoms with Crippen LogP contribution in [0.15, 0.2) is 42.5 Å². The molecule has 0 atom stereocenters. The van der Waals surface area contributed by atoms with Gasteiger partial charge in [-0.25, -0.2) is 4.39 Å². The predicted octanol–water partition coefficient (Wildman–Crippen LogP) is 2.95. The van der Waals surface area contributed by atoms with Crippen LogP contribution in [0.2, 0.25) is 0 Å². The number of nitrogens with zero attached hydrogens (tertiary/aromatic N) is 2. The summed E-state index contributed by atoms with van der Waals surface area (Å²) >= 11 is 0. The fraction of sp³-hybridized carbons (Fsp3) is 0.409. The molecule has 1 aliphatic rings. The lowest BCUT2D eigenvalue weighted by molar-refractivity contribution is 0.0588. The first-order valence-corrected chi connectivity index (χ1v) is 9.57. The highest BCUT2D eigenvalue weighted by Gasteiger charge is 2.29. The monoisotopic (exact) mass is 385 g/mol. The average molecular weight is 385 g/mol. The molecule has 0 aromatic heterocycles. The summed E-state index contributed by atoms with van der Waals surface area (Å²) in [5.74, 6) is -1.21. The van der Waals surface area contributed by atoms with Crippen molar-refractivity contribution in [3.63, 3.8) is 0 Å². The molecule has 0 aliphatic carbocycles. The number of nitrogens with one attached hydrogen (secondary N) is 1. The van der Waals surface area contributed by atoms with E-state index in [0.717, 1.165) is 31.7 Å². The molecule has 1 amide bonds. The Kier molecular flexibility index (Phi) is 6.01. The second-order valence-corrected chi connectivity index (χ2v) is 8.03. The standard InChI is InChI=1S/C22H28FN3O2/c1-22(2,26-11-9-25(3)10-12-26)15-24-21(28)18-6-4-5-16(13-18)17-7-8-20(27)19(23)14-17/h4-8,13-14,27H,9-12,15H2,1-3H3,(H,24,28). The molecular weight excluding hydrogens is 357 g/mol. The summed E-state index contributed by atoms with van der Waals surface area (Å²) in [6.45, 7) is 8.88. The van der Waals surface area contributed by atoms with Gasteiger partial charge in [0, 0.05) is 43.8 Å². The van der Waals surface area contributed by atoms with E-state index in [0.29, 0.717) is 17.7 Å². The summed E-state index contributed by atoms with van der Waals surface area (Å²) in [6.07, 6.45) is 0. The molecule has 1 saturated heterocycles. The summed E-state index contributed by atoms with van der Waals surface area (Å²) in [4.78, 5) is 17.4. The van der Waals surface area contributed by atoms with Crippen LogP contribution < -0.4 is 5.32 Å². The highest BCUT2D eigenvalue weighted by molar-refractivity contribution is 5.95. The number of carbonyl (C=O) groups is 1. The van der Waals surface area contributed by atoms with E-state index in [1.54, 1.807) is 24.3 Å². The van der Waals surface area contributed by atoms with Crippen molar-refractivity contribution in [1.82, 2.24) is 15.1 Å². The third-order valence-corrected chi connectivity index (χ3v) is 5.45. The molecule has 0 unspecified atom stereocenters. The number of hydrogen-bond acceptors (Lipinski definition) is 4. The van der Waals surface area contributed by atoms with Gasteiger partial charge in [-0.3, -0.25) is 9.69 Å². The minimum absolute atomic E-state index is 0.130. The van der Waals surface area contributed by atoms with Crippen molar-refractivity contribution < 1.29 is 14.3 Å². The van der Waals surface area contributed by atoms with Crippen LogP contribution >= 0.6 is 0 Å². The summed E-state index contributed by atoms with van der Waals surface area (Å²) in [5.41, 5.74) is 1.74. The van der Waals surface area contributed by atoms with Crippen molar-refractivity contribution in [2.24, 2.45) is 0 Å². The summed E-state index contributed by atoms with van der Waals surface area (Å²) < 4.78 is 13.6. The molecule has 1 fully saturated rings. The molecule has 150 valence electrons. The van der Waals surface area contributed by atoms with Gasteiger partial charge in [-0.15, -0.1) is 0 Å². The second kappa shape index (κ2) is 8.29. The van der Waals surface area contributed by atoms with E-state index in [9.17, 15) is 14.3 Å². The molecule has 5 nitrogen and oxygen atoms in total. The van der Waals surface area contributed by atoms with Crippen molar-refractivity contribution in [2.75, 3.05) is 39.8 Å². The first kappa shape index (κ1) is 20.3. The molecular formula is C22H28FN3O2. The SMILES string of the molecule is CN1CCN(C(C)(C)CNC(=O)c2cccc(-c3ccc(O)c(F)c3)c2)CC1. The number of phenolic OH excluding ortho intramolecular Hbond substituents is 1. The fourth-order valence-electron chi connectivity index (χ4n) is 3.45. The van der Waals surface area contributed by atoms with Crippen molar-refractivity contribution in [2.45, 2.75) is 19.4 Å². The highest BCUT2D eigenvalue weighted by Crippen LogP contribution is 2.25. The zero-order valence-corrected chi connectivity index (χ0v) is 16.7. The van der Waals surface area contributed by atoms with Gasteiger partial charge in [0.2, 0.25) is 0 Å². The predicted molar refractivity (Wildman–Crippen MR) is 109 cm³/mol. The molecule has 3 rings (SSSR count). The van der Waals surface area contributed by atoms with Gasteiger partial charge in [-0.2, -0.15) is 0 Å². The van der Waals surface area contributed by atoms with E-state index in [2.05, 4.69) is 36.0 Å². The maximum atomic E-state index is 13.6. The van der Waals surface area contributed by atoms with E-state index >= 15 is 0 Å². The number of halogens is 1. The third-order valence-electron chi connectivity index (χ3n) is 5.45. The van der Waals surface area contributed by atoms with Gasteiger partial charge in [0.15, 0.2) is 11.6 Å². The Morgan fingerprint density at radius 2 is 1.79 bits per heavy atom. The number of hydrogen-bond donors (Lipinski definition) is 2. The Morgan fingerprint density at radius 3 is 2.46 bits per heavy atom. The van der Waals surface area contributed by atoms with Crippen LogP contribution in [0.5, 0.6) is 5.75 Å². The van der Waals surface area contributed by atoms with Gasteiger partial charge in [-0.1, -0.05) is 18.2 Å². The molecule has 0 bridgehead atoms. The smallest absolute Gasteiger partial charge is 0.251 e. The van der Waals surface area contributed by atoms with Crippen LogP contribution in [0, 0.1) is 5.82 Å². The minimum atomic E-state index is -0.679. The lowest BCUT2D eigenvalue weighted by atomic mass is 10.00. The van der Waals surface area contributed by atoms with Crippen LogP contribution in [0.25, 0.3) is 11.1 Å². The van der Waals surface area contributed by atoms with Crippen molar-refractivity contribution >= 4 is 5.91 Å². The fourth-order valence-corrected chi connectivity index (χ4v) is 3.45. The molecule has 2 aromatic carbocycles. The Bertz CT molecular complexity index is 845. The maximum absolute atomic E-state index is 13.6. The molecule has 1 aliphatic heterocycles. The molecule has 0 spiro atoms. The third kappa shape index (κ3) is 4.69. The first-order valence-electron chi connectivity index (χ1n) is 9.57. The molecule has 6 heteroatoms. The van der Waals surface area contributed by atoms with Crippen LogP contribution in [0.3, 0.4) is 0 Å². The van der Waals surface area contributed by atoms with Gasteiger partial charge < -0.3 is 15.3 Å². The van der Waals surface area contributed by atoms with Gasteiger partial charge in [0.05, 0.1) is 0 Å². The maximum Gasteiger partial charge on any atom is 0.251 e. The number of benzene rings is 2. The molecule has 0 radical (unpaired) electrons. The number of phenols is 1. The van der Waals surface area contributed by atoms with Gasteiger partial charge >= 0.3 is 0 Å². The summed E-state index contributed by atoms with van der Waals surface area (Å²) in [6, 6.07) is 11.3. The van der Waals surface area contributed by atoms with Crippen LogP contribution in [-0.2, 0) is 0 Å². The zero-order chi connectivity index (χ0) is 20.3. The van der Waals surface area contributed by atoms with Crippen LogP contribution in [0.1, 0.15) is 24.2 Å². The number of rotatable bonds is 5. The molecule has 2 aromatic rings. The van der Waals surface area contributed by atoms with Crippen molar-refractivity contribution in [1.29, 1.82) is 0 Å². The Hall–Kier alpha value is -2.44. The van der Waals surface area contributed by atoms with Crippen molar-refractivity contribution in [3.8, 4) is 16.9 Å². The van der Waals surface area contributed by atoms with E-state index in [1.165, 1.54) is 12.1 Å². The molecule has 1 heterocycles. The normalized spacial score (nSPS) is 16.1. The summed E-state index contributed by atoms with van der Waals surface area (Å²) in [7, 11) is 2.12. The Labute approximate surface area is 165 Å². The van der Waals surface area contributed by atoms with E-state index in [1.807, 2.05) is 6.07 Å². The Morgan fingerprint density at radius 1 is 1.11 bits per heavy atom. The molecule has 28 heavy (non-hydrogen) atoms. The average Bonchev–Trinajstić information content (AvgIpc) is 2.69. The number of carbonyl (C=O) groups excluding carboxylic acids is 1. The number of aromatic hydroxyl groups is 1. The van der Waals surface area contributed by atoms with Gasteiger partial charge in [0.1, 0.15) is 0 Å². The highest BCUT2D eigenvalue weighted by atomic mass is 19.1. The first-order chi connectivity index (χ1) is 13.3. The minimum Gasteiger partial charge on any atom is -0.505 e. The van der Waals surface area contributed by atoms with E-state index in [4.69, 9.17) is 0 Å². The lowest BCUT2D eigenvalue weighted by Crippen LogP contribution is -2.57. The number of piperazine rings is 1. The second-order valence-electron chi connectivity index (χ2n) is 8.03. The number of amides is 1. The molecule has 0 saturated carbocycles. The zero-order valence-electron chi connectivity index (χ0n) is 16.7. The van der Waals surface area contributed by atoms with Gasteiger partial charge in [0.25, 0.3) is 5.91 Å². The van der Waals surface area contributed by atoms with Crippen LogP contribution in [0.4, 0.5) is 4.39 Å². The topological polar surface area (TPSA) is 55.8 Å². The van der Waals surface area contributed by atoms with E-state index in [-0.39, 0.29) is 17.2 Å². The van der Waals surface area contributed by atoms with Gasteiger partial charge in [-0.05, 0) is 56.3 Å². The Balaban J connectivity index is 1.67. The lowest BCUT2D eigenvalue weighted by Gasteiger charge is -2.43. The largest absolute Gasteiger partial charge is 0.505 e. The molecule has 2 N–H and O–H groups in total. The van der Waals surface area contributed by atoms with Crippen LogP contribution in [-0.4, -0.2) is 66.1 Å². The van der Waals surface area contributed by atoms with Crippen molar-refractivity contribution in [3.05, 3.63) is 53.8 Å². The van der Waals surface area contributed by atoms with E-state index < -0.39 is 5.82 Å². The quantitative estimate of drug-likeness (QED) is 0.831.